The van der Waals surface area contributed by atoms with Crippen LogP contribution in [0.15, 0.2) is 0 Å². The van der Waals surface area contributed by atoms with Crippen LogP contribution in [0.5, 0.6) is 0 Å². The summed E-state index contributed by atoms with van der Waals surface area (Å²) >= 11 is 0. The topological polar surface area (TPSA) is 0 Å². The maximum absolute atomic E-state index is 0. The van der Waals surface area contributed by atoms with E-state index in [0.717, 1.165) is 0 Å². The Morgan fingerprint density at radius 2 is 1.00 bits per heavy atom. The van der Waals surface area contributed by atoms with Gasteiger partial charge in [0.25, 0.3) is 0 Å². The summed E-state index contributed by atoms with van der Waals surface area (Å²) in [7, 11) is 0. The first kappa shape index (κ1) is 32.1. The molecule has 0 nitrogen and oxygen atoms in total. The molecule has 0 saturated carbocycles. The zero-order valence-electron chi connectivity index (χ0n) is 1.22. The quantitative estimate of drug-likeness (QED) is 0.493. The van der Waals surface area contributed by atoms with Crippen LogP contribution in [0.1, 0.15) is 0 Å². The molecule has 0 aliphatic rings. The molecule has 0 unspecified atom stereocenters. The Kier molecular flexibility index (Phi) is 145. The maximum atomic E-state index is 0. The van der Waals surface area contributed by atoms with Gasteiger partial charge in [-0.1, -0.05) is 0 Å². The summed E-state index contributed by atoms with van der Waals surface area (Å²) in [4.78, 5) is 0. The van der Waals surface area contributed by atoms with Crippen molar-refractivity contribution in [1.29, 1.82) is 0 Å². The monoisotopic (exact) mass is 320 g/mol. The molecule has 0 heterocycles. The Labute approximate surface area is 75.7 Å². The molecule has 0 N–H and O–H groups in total. The van der Waals surface area contributed by atoms with Crippen molar-refractivity contribution in [3.05, 3.63) is 0 Å². The first-order valence-corrected chi connectivity index (χ1v) is 0. The third-order valence-electron chi connectivity index (χ3n) is 0. The first-order valence-electron chi connectivity index (χ1n) is 0. The van der Waals surface area contributed by atoms with Crippen molar-refractivity contribution in [1.82, 2.24) is 0 Å². The second-order valence-corrected chi connectivity index (χ2v) is 0. The van der Waals surface area contributed by atoms with Crippen LogP contribution in [0.2, 0.25) is 0 Å². The molecule has 4 heteroatoms. The van der Waals surface area contributed by atoms with Crippen LogP contribution in [-0.4, -0.2) is 17.4 Å². The molecule has 0 aliphatic carbocycles. The zero-order valence-corrected chi connectivity index (χ0v) is 6.71. The van der Waals surface area contributed by atoms with Crippen LogP contribution in [0.25, 0.3) is 0 Å². The predicted octanol–water partition coefficient (Wildman–Crippen LogP) is -1.19. The molecule has 0 aromatic heterocycles. The zero-order chi connectivity index (χ0) is 0. The van der Waals surface area contributed by atoms with E-state index in [9.17, 15) is 0 Å². The van der Waals surface area contributed by atoms with E-state index in [-0.39, 0.29) is 76.6 Å². The molecular weight excluding hydrogens is 317 g/mol. The van der Waals surface area contributed by atoms with Gasteiger partial charge in [-0.2, -0.15) is 0 Å². The largest absolute Gasteiger partial charge is 0.187 e. The first-order chi connectivity index (χ1) is 0. The summed E-state index contributed by atoms with van der Waals surface area (Å²) in [6.07, 6.45) is 0. The molecule has 0 aromatic carbocycles. The SMILES string of the molecule is [AlH3].[Ni].[Ti].[W]. The average Bonchev–Trinajstić information content (AvgIpc) is 0. The van der Waals surface area contributed by atoms with Crippen molar-refractivity contribution in [2.45, 2.75) is 0 Å². The van der Waals surface area contributed by atoms with E-state index >= 15 is 0 Å². The number of hydrogen-bond donors (Lipinski definition) is 0. The van der Waals surface area contributed by atoms with Gasteiger partial charge in [-0.3, -0.25) is 0 Å². The van der Waals surface area contributed by atoms with Gasteiger partial charge in [-0.15, -0.1) is 0 Å². The van der Waals surface area contributed by atoms with Crippen LogP contribution >= 0.6 is 0 Å². The van der Waals surface area contributed by atoms with Gasteiger partial charge in [0.2, 0.25) is 0 Å². The van der Waals surface area contributed by atoms with Crippen LogP contribution < -0.4 is 0 Å². The molecule has 0 fully saturated rings. The summed E-state index contributed by atoms with van der Waals surface area (Å²) < 4.78 is 0. The molecule has 4 heavy (non-hydrogen) atoms. The van der Waals surface area contributed by atoms with E-state index in [0.29, 0.717) is 0 Å². The summed E-state index contributed by atoms with van der Waals surface area (Å²) in [6, 6.07) is 0. The molecule has 0 bridgehead atoms. The third-order valence-corrected chi connectivity index (χ3v) is 0. The summed E-state index contributed by atoms with van der Waals surface area (Å²) in [5.74, 6) is 0. The Balaban J connectivity index is 0. The van der Waals surface area contributed by atoms with Crippen molar-refractivity contribution in [2.75, 3.05) is 0 Å². The van der Waals surface area contributed by atoms with E-state index in [1.54, 1.807) is 0 Å². The summed E-state index contributed by atoms with van der Waals surface area (Å²) in [5, 5.41) is 0. The standard InChI is InChI=1S/Al.Ni.Ti.W.3H. The van der Waals surface area contributed by atoms with E-state index < -0.39 is 0 Å². The molecule has 0 spiro atoms. The fourth-order valence-corrected chi connectivity index (χ4v) is 0. The second-order valence-electron chi connectivity index (χ2n) is 0. The maximum Gasteiger partial charge on any atom is 0.187 e. The molecule has 0 atom stereocenters. The second kappa shape index (κ2) is 18.1. The molecule has 0 amide bonds. The Morgan fingerprint density at radius 1 is 1.00 bits per heavy atom. The minimum Gasteiger partial charge on any atom is 0 e. The van der Waals surface area contributed by atoms with E-state index in [4.69, 9.17) is 0 Å². The van der Waals surface area contributed by atoms with Crippen molar-refractivity contribution >= 4 is 17.4 Å². The fourth-order valence-electron chi connectivity index (χ4n) is 0. The van der Waals surface area contributed by atoms with E-state index in [1.807, 2.05) is 0 Å². The molecule has 0 radical (unpaired) electrons. The third kappa shape index (κ3) is 8.83. The van der Waals surface area contributed by atoms with Crippen LogP contribution in [0.4, 0.5) is 0 Å². The molecule has 0 saturated heterocycles. The minimum atomic E-state index is 0. The van der Waals surface area contributed by atoms with Gasteiger partial charge in [0, 0.05) is 59.3 Å². The van der Waals surface area contributed by atoms with Crippen LogP contribution in [-0.2, 0) is 59.3 Å². The van der Waals surface area contributed by atoms with Gasteiger partial charge in [-0.25, -0.2) is 0 Å². The van der Waals surface area contributed by atoms with Gasteiger partial charge >= 0.3 is 0 Å². The average molecular weight is 320 g/mol. The van der Waals surface area contributed by atoms with Crippen molar-refractivity contribution < 1.29 is 59.3 Å². The number of rotatable bonds is 0. The normalized spacial score (nSPS) is 0. The molecule has 0 rings (SSSR count). The Hall–Kier alpha value is 2.43. The smallest absolute Gasteiger partial charge is 0 e. The van der Waals surface area contributed by atoms with Crippen molar-refractivity contribution in [3.8, 4) is 0 Å². The molecule has 26 valence electrons. The molecule has 0 aliphatic heterocycles. The number of hydrogen-bond acceptors (Lipinski definition) is 0. The van der Waals surface area contributed by atoms with Crippen LogP contribution in [0, 0.1) is 0 Å². The minimum absolute atomic E-state index is 0. The predicted molar refractivity (Wildman–Crippen MR) is 9.94 cm³/mol. The summed E-state index contributed by atoms with van der Waals surface area (Å²) in [6.45, 7) is 0. The van der Waals surface area contributed by atoms with E-state index in [2.05, 4.69) is 0 Å². The van der Waals surface area contributed by atoms with Gasteiger partial charge < -0.3 is 0 Å². The molecular formula is H3AlNiTiW. The van der Waals surface area contributed by atoms with E-state index in [1.165, 1.54) is 0 Å². The fraction of sp³-hybridized carbons (Fsp3) is 0. The molecule has 0 aromatic rings. The van der Waals surface area contributed by atoms with Gasteiger partial charge in [0.15, 0.2) is 17.4 Å². The van der Waals surface area contributed by atoms with Crippen LogP contribution in [0.3, 0.4) is 0 Å². The van der Waals surface area contributed by atoms with Gasteiger partial charge in [0.1, 0.15) is 0 Å². The van der Waals surface area contributed by atoms with Crippen molar-refractivity contribution in [3.63, 3.8) is 0 Å². The van der Waals surface area contributed by atoms with Gasteiger partial charge in [0.05, 0.1) is 0 Å². The summed E-state index contributed by atoms with van der Waals surface area (Å²) in [5.41, 5.74) is 0. The van der Waals surface area contributed by atoms with Gasteiger partial charge in [-0.05, 0) is 0 Å². The Morgan fingerprint density at radius 3 is 1.00 bits per heavy atom. The Bertz CT molecular complexity index is 8.00. The van der Waals surface area contributed by atoms with Crippen molar-refractivity contribution in [2.24, 2.45) is 0 Å².